The highest BCUT2D eigenvalue weighted by atomic mass is 16.3. The van der Waals surface area contributed by atoms with Crippen molar-refractivity contribution in [3.05, 3.63) is 0 Å². The zero-order valence-corrected chi connectivity index (χ0v) is 9.25. The Morgan fingerprint density at radius 3 is 2.40 bits per heavy atom. The van der Waals surface area contributed by atoms with Gasteiger partial charge < -0.3 is 10.4 Å². The third-order valence-corrected chi connectivity index (χ3v) is 2.48. The molecule has 2 N–H and O–H groups in total. The van der Waals surface area contributed by atoms with Gasteiger partial charge in [-0.05, 0) is 33.1 Å². The minimum atomic E-state index is -0.770. The van der Waals surface area contributed by atoms with Crippen LogP contribution >= 0.6 is 0 Å². The summed E-state index contributed by atoms with van der Waals surface area (Å²) in [4.78, 5) is 24.4. The highest BCUT2D eigenvalue weighted by Gasteiger charge is 2.43. The molecule has 0 aromatic carbocycles. The first-order chi connectivity index (χ1) is 6.99. The van der Waals surface area contributed by atoms with E-state index in [1.807, 2.05) is 0 Å². The van der Waals surface area contributed by atoms with Crippen molar-refractivity contribution in [1.82, 2.24) is 10.2 Å². The Kier molecular flexibility index (Phi) is 3.68. The number of urea groups is 1. The highest BCUT2D eigenvalue weighted by molar-refractivity contribution is 6.06. The summed E-state index contributed by atoms with van der Waals surface area (Å²) in [7, 11) is 0. The number of hydrogen-bond donors (Lipinski definition) is 2. The number of carbonyl (C=O) groups is 2. The van der Waals surface area contributed by atoms with E-state index in [-0.39, 0.29) is 18.5 Å². The zero-order valence-electron chi connectivity index (χ0n) is 9.25. The van der Waals surface area contributed by atoms with Crippen molar-refractivity contribution < 1.29 is 14.7 Å². The van der Waals surface area contributed by atoms with Gasteiger partial charge >= 0.3 is 6.03 Å². The normalized spacial score (nSPS) is 19.5. The van der Waals surface area contributed by atoms with Crippen molar-refractivity contribution in [2.45, 2.75) is 38.6 Å². The fourth-order valence-corrected chi connectivity index (χ4v) is 1.58. The number of carbonyl (C=O) groups excluding carboxylic acids is 2. The van der Waals surface area contributed by atoms with E-state index < -0.39 is 5.54 Å². The summed E-state index contributed by atoms with van der Waals surface area (Å²) < 4.78 is 0. The average molecular weight is 214 g/mol. The van der Waals surface area contributed by atoms with E-state index in [1.54, 1.807) is 13.8 Å². The fraction of sp³-hybridized carbons (Fsp3) is 0.800. The van der Waals surface area contributed by atoms with Gasteiger partial charge in [-0.2, -0.15) is 0 Å². The lowest BCUT2D eigenvalue weighted by Crippen LogP contribution is -2.40. The summed E-state index contributed by atoms with van der Waals surface area (Å²) in [5, 5.41) is 11.2. The molecule has 1 aliphatic rings. The van der Waals surface area contributed by atoms with Crippen LogP contribution in [-0.2, 0) is 4.79 Å². The van der Waals surface area contributed by atoms with Gasteiger partial charge in [0.05, 0.1) is 0 Å². The van der Waals surface area contributed by atoms with E-state index in [0.29, 0.717) is 13.0 Å². The lowest BCUT2D eigenvalue weighted by molar-refractivity contribution is -0.130. The van der Waals surface area contributed by atoms with Crippen molar-refractivity contribution in [1.29, 1.82) is 0 Å². The lowest BCUT2D eigenvalue weighted by atomic mass is 10.1. The van der Waals surface area contributed by atoms with Crippen molar-refractivity contribution in [3.8, 4) is 0 Å². The van der Waals surface area contributed by atoms with E-state index in [9.17, 15) is 9.59 Å². The predicted molar refractivity (Wildman–Crippen MR) is 55.3 cm³/mol. The summed E-state index contributed by atoms with van der Waals surface area (Å²) in [5.41, 5.74) is -0.770. The van der Waals surface area contributed by atoms with Gasteiger partial charge in [-0.15, -0.1) is 0 Å². The number of imide groups is 1. The maximum atomic E-state index is 11.7. The number of aliphatic hydroxyl groups excluding tert-OH is 1. The van der Waals surface area contributed by atoms with Gasteiger partial charge in [0.2, 0.25) is 0 Å². The van der Waals surface area contributed by atoms with Gasteiger partial charge in [0.25, 0.3) is 5.91 Å². The largest absolute Gasteiger partial charge is 0.396 e. The van der Waals surface area contributed by atoms with Crippen LogP contribution in [0.1, 0.15) is 33.1 Å². The molecule has 1 heterocycles. The van der Waals surface area contributed by atoms with Gasteiger partial charge in [0.15, 0.2) is 0 Å². The average Bonchev–Trinajstić information content (AvgIpc) is 2.33. The first-order valence-corrected chi connectivity index (χ1v) is 5.24. The molecule has 0 bridgehead atoms. The monoisotopic (exact) mass is 214 g/mol. The SMILES string of the molecule is CC1(C)NC(=O)N(CCCCCO)C1=O. The van der Waals surface area contributed by atoms with Gasteiger partial charge in [0, 0.05) is 13.2 Å². The topological polar surface area (TPSA) is 69.6 Å². The number of aliphatic hydroxyl groups is 1. The summed E-state index contributed by atoms with van der Waals surface area (Å²) in [5.74, 6) is -0.170. The molecule has 1 fully saturated rings. The summed E-state index contributed by atoms with van der Waals surface area (Å²) in [6.07, 6.45) is 2.29. The molecule has 5 nitrogen and oxygen atoms in total. The van der Waals surface area contributed by atoms with E-state index in [4.69, 9.17) is 5.11 Å². The van der Waals surface area contributed by atoms with Gasteiger partial charge in [-0.25, -0.2) is 4.79 Å². The second-order valence-electron chi connectivity index (χ2n) is 4.30. The maximum Gasteiger partial charge on any atom is 0.325 e. The number of amides is 3. The fourth-order valence-electron chi connectivity index (χ4n) is 1.58. The minimum absolute atomic E-state index is 0.158. The molecular weight excluding hydrogens is 196 g/mol. The Morgan fingerprint density at radius 1 is 1.27 bits per heavy atom. The number of hydrogen-bond acceptors (Lipinski definition) is 3. The number of nitrogens with one attached hydrogen (secondary N) is 1. The molecule has 3 amide bonds. The van der Waals surface area contributed by atoms with Crippen molar-refractivity contribution in [2.24, 2.45) is 0 Å². The highest BCUT2D eigenvalue weighted by Crippen LogP contribution is 2.17. The number of rotatable bonds is 5. The van der Waals surface area contributed by atoms with Crippen LogP contribution in [0.2, 0.25) is 0 Å². The molecule has 0 atom stereocenters. The first-order valence-electron chi connectivity index (χ1n) is 5.24. The smallest absolute Gasteiger partial charge is 0.325 e. The molecule has 0 aliphatic carbocycles. The molecule has 0 unspecified atom stereocenters. The molecule has 0 spiro atoms. The Balaban J connectivity index is 2.42. The minimum Gasteiger partial charge on any atom is -0.396 e. The second kappa shape index (κ2) is 4.61. The van der Waals surface area contributed by atoms with Crippen LogP contribution in [0, 0.1) is 0 Å². The molecule has 5 heteroatoms. The van der Waals surface area contributed by atoms with Gasteiger partial charge in [-0.1, -0.05) is 0 Å². The third kappa shape index (κ3) is 2.68. The predicted octanol–water partition coefficient (Wildman–Crippen LogP) is 0.479. The summed E-state index contributed by atoms with van der Waals surface area (Å²) in [6, 6.07) is -0.311. The van der Waals surface area contributed by atoms with Crippen LogP contribution in [0.15, 0.2) is 0 Å². The summed E-state index contributed by atoms with van der Waals surface area (Å²) >= 11 is 0. The number of unbranched alkanes of at least 4 members (excludes halogenated alkanes) is 2. The molecular formula is C10H18N2O3. The zero-order chi connectivity index (χ0) is 11.5. The van der Waals surface area contributed by atoms with Crippen LogP contribution in [0.5, 0.6) is 0 Å². The van der Waals surface area contributed by atoms with Crippen LogP contribution in [0.25, 0.3) is 0 Å². The lowest BCUT2D eigenvalue weighted by Gasteiger charge is -2.15. The van der Waals surface area contributed by atoms with Crippen molar-refractivity contribution >= 4 is 11.9 Å². The van der Waals surface area contributed by atoms with Crippen LogP contribution in [0.3, 0.4) is 0 Å². The van der Waals surface area contributed by atoms with Crippen LogP contribution < -0.4 is 5.32 Å². The van der Waals surface area contributed by atoms with E-state index in [1.165, 1.54) is 4.90 Å². The second-order valence-corrected chi connectivity index (χ2v) is 4.30. The molecule has 0 radical (unpaired) electrons. The Hall–Kier alpha value is -1.10. The quantitative estimate of drug-likeness (QED) is 0.516. The van der Waals surface area contributed by atoms with E-state index in [2.05, 4.69) is 5.32 Å². The Labute approximate surface area is 89.4 Å². The van der Waals surface area contributed by atoms with Gasteiger partial charge in [-0.3, -0.25) is 9.69 Å². The Bertz CT molecular complexity index is 263. The molecule has 0 saturated carbocycles. The number of nitrogens with zero attached hydrogens (tertiary/aromatic N) is 1. The molecule has 86 valence electrons. The molecule has 1 aliphatic heterocycles. The summed E-state index contributed by atoms with van der Waals surface area (Å²) in [6.45, 7) is 3.99. The Morgan fingerprint density at radius 2 is 1.93 bits per heavy atom. The van der Waals surface area contributed by atoms with Crippen molar-refractivity contribution in [2.75, 3.05) is 13.2 Å². The molecule has 0 aromatic rings. The standard InChI is InChI=1S/C10H18N2O3/c1-10(2)8(14)12(9(15)11-10)6-4-3-5-7-13/h13H,3-7H2,1-2H3,(H,11,15). The van der Waals surface area contributed by atoms with Crippen LogP contribution in [0.4, 0.5) is 4.79 Å². The molecule has 1 saturated heterocycles. The van der Waals surface area contributed by atoms with Crippen molar-refractivity contribution in [3.63, 3.8) is 0 Å². The van der Waals surface area contributed by atoms with Crippen LogP contribution in [-0.4, -0.2) is 40.6 Å². The molecule has 1 rings (SSSR count). The molecule has 0 aromatic heterocycles. The molecule has 15 heavy (non-hydrogen) atoms. The third-order valence-electron chi connectivity index (χ3n) is 2.48. The van der Waals surface area contributed by atoms with E-state index >= 15 is 0 Å². The first kappa shape index (κ1) is 12.0. The van der Waals surface area contributed by atoms with E-state index in [0.717, 1.165) is 12.8 Å². The maximum absolute atomic E-state index is 11.7. The van der Waals surface area contributed by atoms with Gasteiger partial charge in [0.1, 0.15) is 5.54 Å².